The monoisotopic (exact) mass is 355 g/mol. The Morgan fingerprint density at radius 3 is 2.76 bits per heavy atom. The summed E-state index contributed by atoms with van der Waals surface area (Å²) < 4.78 is 5.27. The lowest BCUT2D eigenvalue weighted by Gasteiger charge is -2.04. The molecule has 1 aliphatic carbocycles. The second-order valence-corrected chi connectivity index (χ2v) is 7.29. The molecular formula is C17H17N5O2S. The van der Waals surface area contributed by atoms with Gasteiger partial charge in [0.1, 0.15) is 10.0 Å². The minimum atomic E-state index is -0.112. The molecule has 1 N–H and O–H groups in total. The number of hydrogen-bond acceptors (Lipinski definition) is 7. The molecule has 0 bridgehead atoms. The maximum absolute atomic E-state index is 12.2. The average molecular weight is 355 g/mol. The highest BCUT2D eigenvalue weighted by atomic mass is 32.1. The number of hydrogen-bond donors (Lipinski definition) is 1. The van der Waals surface area contributed by atoms with Crippen molar-refractivity contribution in [2.24, 2.45) is 0 Å². The van der Waals surface area contributed by atoms with Crippen molar-refractivity contribution in [1.82, 2.24) is 25.7 Å². The fourth-order valence-corrected chi connectivity index (χ4v) is 3.15. The number of nitrogens with zero attached hydrogens (tertiary/aromatic N) is 4. The van der Waals surface area contributed by atoms with E-state index in [1.165, 1.54) is 0 Å². The number of aromatic nitrogens is 4. The Hall–Kier alpha value is -2.61. The van der Waals surface area contributed by atoms with Gasteiger partial charge in [0.2, 0.25) is 11.7 Å². The molecule has 25 heavy (non-hydrogen) atoms. The zero-order valence-electron chi connectivity index (χ0n) is 13.7. The molecule has 2 aromatic heterocycles. The maximum Gasteiger partial charge on any atom is 0.251 e. The number of carbonyl (C=O) groups is 1. The zero-order valence-corrected chi connectivity index (χ0v) is 14.5. The van der Waals surface area contributed by atoms with Crippen LogP contribution in [0.25, 0.3) is 11.4 Å². The highest BCUT2D eigenvalue weighted by Gasteiger charge is 2.29. The van der Waals surface area contributed by atoms with Crippen LogP contribution in [0.2, 0.25) is 0 Å². The van der Waals surface area contributed by atoms with Crippen LogP contribution in [-0.4, -0.2) is 32.8 Å². The van der Waals surface area contributed by atoms with E-state index >= 15 is 0 Å². The molecule has 1 amide bonds. The number of aryl methyl sites for hydroxylation is 1. The summed E-state index contributed by atoms with van der Waals surface area (Å²) in [6, 6.07) is 7.22. The van der Waals surface area contributed by atoms with Crippen molar-refractivity contribution in [1.29, 1.82) is 0 Å². The van der Waals surface area contributed by atoms with Gasteiger partial charge in [0, 0.05) is 30.0 Å². The summed E-state index contributed by atoms with van der Waals surface area (Å²) in [5, 5.41) is 16.8. The predicted molar refractivity (Wildman–Crippen MR) is 92.4 cm³/mol. The summed E-state index contributed by atoms with van der Waals surface area (Å²) >= 11 is 1.55. The summed E-state index contributed by atoms with van der Waals surface area (Å²) in [5.74, 6) is 1.60. The fourth-order valence-electron chi connectivity index (χ4n) is 2.44. The highest BCUT2D eigenvalue weighted by Crippen LogP contribution is 2.39. The molecule has 1 aromatic carbocycles. The van der Waals surface area contributed by atoms with Gasteiger partial charge in [0.25, 0.3) is 5.91 Å². The number of rotatable bonds is 6. The molecular weight excluding hydrogens is 338 g/mol. The third kappa shape index (κ3) is 3.74. The second-order valence-electron chi connectivity index (χ2n) is 6.03. The summed E-state index contributed by atoms with van der Waals surface area (Å²) in [7, 11) is 0. The average Bonchev–Trinajstić information content (AvgIpc) is 3.21. The number of nitrogens with one attached hydrogen (secondary N) is 1. The summed E-state index contributed by atoms with van der Waals surface area (Å²) in [5.41, 5.74) is 1.44. The summed E-state index contributed by atoms with van der Waals surface area (Å²) in [4.78, 5) is 16.6. The number of benzene rings is 1. The van der Waals surface area contributed by atoms with E-state index in [9.17, 15) is 4.79 Å². The van der Waals surface area contributed by atoms with Crippen molar-refractivity contribution in [3.8, 4) is 11.4 Å². The largest absolute Gasteiger partial charge is 0.352 e. The molecule has 8 heteroatoms. The third-order valence-electron chi connectivity index (χ3n) is 3.97. The van der Waals surface area contributed by atoms with Crippen molar-refractivity contribution in [3.05, 3.63) is 45.7 Å². The standard InChI is InChI=1S/C17H17N5O2S/c1-10-20-21-14(25-10)8-9-18-16(23)12-4-2-11(3-5-12)15-19-17(24-22-15)13-6-7-13/h2-5,13H,6-9H2,1H3,(H,18,23). The quantitative estimate of drug-likeness (QED) is 0.731. The molecule has 3 aromatic rings. The van der Waals surface area contributed by atoms with Gasteiger partial charge in [0.15, 0.2) is 0 Å². The second kappa shape index (κ2) is 6.72. The smallest absolute Gasteiger partial charge is 0.251 e. The van der Waals surface area contributed by atoms with Gasteiger partial charge in [0.05, 0.1) is 0 Å². The molecule has 2 heterocycles. The van der Waals surface area contributed by atoms with Crippen LogP contribution in [0.5, 0.6) is 0 Å². The normalized spacial score (nSPS) is 13.8. The first-order valence-corrected chi connectivity index (χ1v) is 9.02. The van der Waals surface area contributed by atoms with E-state index in [0.29, 0.717) is 36.2 Å². The first kappa shape index (κ1) is 15.9. The molecule has 4 rings (SSSR count). The van der Waals surface area contributed by atoms with Crippen LogP contribution in [0.4, 0.5) is 0 Å². The third-order valence-corrected chi connectivity index (χ3v) is 4.86. The van der Waals surface area contributed by atoms with Crippen molar-refractivity contribution >= 4 is 17.2 Å². The van der Waals surface area contributed by atoms with Gasteiger partial charge in [-0.2, -0.15) is 4.98 Å². The van der Waals surface area contributed by atoms with E-state index in [2.05, 4.69) is 25.7 Å². The Morgan fingerprint density at radius 2 is 2.08 bits per heavy atom. The van der Waals surface area contributed by atoms with Crippen LogP contribution in [-0.2, 0) is 6.42 Å². The van der Waals surface area contributed by atoms with E-state index in [0.717, 1.165) is 28.4 Å². The van der Waals surface area contributed by atoms with E-state index in [1.807, 2.05) is 19.1 Å². The topological polar surface area (TPSA) is 93.8 Å². The Bertz CT molecular complexity index is 883. The minimum Gasteiger partial charge on any atom is -0.352 e. The summed E-state index contributed by atoms with van der Waals surface area (Å²) in [6.07, 6.45) is 2.93. The molecule has 1 saturated carbocycles. The van der Waals surface area contributed by atoms with Gasteiger partial charge in [-0.15, -0.1) is 21.5 Å². The molecule has 1 aliphatic rings. The molecule has 0 spiro atoms. The van der Waals surface area contributed by atoms with Crippen molar-refractivity contribution in [2.45, 2.75) is 32.1 Å². The van der Waals surface area contributed by atoms with Crippen LogP contribution in [0.1, 0.15) is 45.0 Å². The lowest BCUT2D eigenvalue weighted by Crippen LogP contribution is -2.25. The van der Waals surface area contributed by atoms with E-state index in [1.54, 1.807) is 23.5 Å². The van der Waals surface area contributed by atoms with Crippen LogP contribution in [0, 0.1) is 6.92 Å². The first-order valence-electron chi connectivity index (χ1n) is 8.20. The molecule has 0 aliphatic heterocycles. The lowest BCUT2D eigenvalue weighted by atomic mass is 10.1. The van der Waals surface area contributed by atoms with Gasteiger partial charge in [-0.3, -0.25) is 4.79 Å². The molecule has 0 unspecified atom stereocenters. The first-order chi connectivity index (χ1) is 12.2. The SMILES string of the molecule is Cc1nnc(CCNC(=O)c2ccc(-c3noc(C4CC4)n3)cc2)s1. The molecule has 0 saturated heterocycles. The number of amides is 1. The maximum atomic E-state index is 12.2. The number of carbonyl (C=O) groups excluding carboxylic acids is 1. The van der Waals surface area contributed by atoms with Gasteiger partial charge in [-0.05, 0) is 31.9 Å². The Kier molecular flexibility index (Phi) is 4.27. The van der Waals surface area contributed by atoms with Crippen LogP contribution in [0.3, 0.4) is 0 Å². The van der Waals surface area contributed by atoms with Crippen LogP contribution in [0.15, 0.2) is 28.8 Å². The molecule has 0 radical (unpaired) electrons. The molecule has 1 fully saturated rings. The van der Waals surface area contributed by atoms with Crippen LogP contribution < -0.4 is 5.32 Å². The molecule has 7 nitrogen and oxygen atoms in total. The van der Waals surface area contributed by atoms with Crippen molar-refractivity contribution < 1.29 is 9.32 Å². The van der Waals surface area contributed by atoms with Crippen LogP contribution >= 0.6 is 11.3 Å². The van der Waals surface area contributed by atoms with Gasteiger partial charge in [-0.1, -0.05) is 17.3 Å². The van der Waals surface area contributed by atoms with E-state index < -0.39 is 0 Å². The van der Waals surface area contributed by atoms with Crippen molar-refractivity contribution in [3.63, 3.8) is 0 Å². The summed E-state index contributed by atoms with van der Waals surface area (Å²) in [6.45, 7) is 2.45. The minimum absolute atomic E-state index is 0.112. The fraction of sp³-hybridized carbons (Fsp3) is 0.353. The van der Waals surface area contributed by atoms with E-state index in [-0.39, 0.29) is 5.91 Å². The zero-order chi connectivity index (χ0) is 17.2. The predicted octanol–water partition coefficient (Wildman–Crippen LogP) is 2.75. The highest BCUT2D eigenvalue weighted by molar-refractivity contribution is 7.11. The van der Waals surface area contributed by atoms with E-state index in [4.69, 9.17) is 4.52 Å². The molecule has 0 atom stereocenters. The van der Waals surface area contributed by atoms with Gasteiger partial charge in [-0.25, -0.2) is 0 Å². The Balaban J connectivity index is 1.34. The van der Waals surface area contributed by atoms with Gasteiger partial charge >= 0.3 is 0 Å². The lowest BCUT2D eigenvalue weighted by molar-refractivity contribution is 0.0954. The van der Waals surface area contributed by atoms with Gasteiger partial charge < -0.3 is 9.84 Å². The van der Waals surface area contributed by atoms with Crippen molar-refractivity contribution in [2.75, 3.05) is 6.54 Å². The Morgan fingerprint density at radius 1 is 1.28 bits per heavy atom. The molecule has 128 valence electrons. The Labute approximate surface area is 148 Å².